The molecular formula is C14H17N3O. The van der Waals surface area contributed by atoms with Crippen LogP contribution in [0.3, 0.4) is 0 Å². The lowest BCUT2D eigenvalue weighted by atomic mass is 10.2. The summed E-state index contributed by atoms with van der Waals surface area (Å²) in [5.41, 5.74) is 1.04. The van der Waals surface area contributed by atoms with Crippen molar-refractivity contribution in [1.29, 1.82) is 5.26 Å². The number of rotatable bonds is 4. The minimum absolute atomic E-state index is 0.143. The fourth-order valence-electron chi connectivity index (χ4n) is 2.32. The number of hydrazine groups is 1. The summed E-state index contributed by atoms with van der Waals surface area (Å²) in [5.74, 6) is 0.143. The lowest BCUT2D eigenvalue weighted by molar-refractivity contribution is -0.128. The molecule has 0 spiro atoms. The molecule has 0 bridgehead atoms. The fraction of sp³-hybridized carbons (Fsp3) is 0.429. The average Bonchev–Trinajstić information content (AvgIpc) is 2.66. The van der Waals surface area contributed by atoms with Gasteiger partial charge in [0.15, 0.2) is 0 Å². The Hall–Kier alpha value is -2.02. The van der Waals surface area contributed by atoms with E-state index in [9.17, 15) is 4.79 Å². The quantitative estimate of drug-likeness (QED) is 0.762. The van der Waals surface area contributed by atoms with Gasteiger partial charge >= 0.3 is 0 Å². The van der Waals surface area contributed by atoms with Gasteiger partial charge in [0.2, 0.25) is 5.91 Å². The van der Waals surface area contributed by atoms with E-state index < -0.39 is 0 Å². The van der Waals surface area contributed by atoms with Crippen molar-refractivity contribution in [3.63, 3.8) is 0 Å². The van der Waals surface area contributed by atoms with Crippen molar-refractivity contribution in [2.24, 2.45) is 0 Å². The molecule has 0 N–H and O–H groups in total. The van der Waals surface area contributed by atoms with Gasteiger partial charge in [0.05, 0.1) is 24.2 Å². The van der Waals surface area contributed by atoms with Crippen molar-refractivity contribution in [3.05, 3.63) is 30.3 Å². The third-order valence-electron chi connectivity index (χ3n) is 3.11. The summed E-state index contributed by atoms with van der Waals surface area (Å²) in [4.78, 5) is 12.0. The maximum atomic E-state index is 12.0. The summed E-state index contributed by atoms with van der Waals surface area (Å²) in [7, 11) is 0. The highest BCUT2D eigenvalue weighted by molar-refractivity contribution is 5.82. The zero-order valence-corrected chi connectivity index (χ0v) is 10.5. The van der Waals surface area contributed by atoms with Gasteiger partial charge in [-0.15, -0.1) is 0 Å². The number of anilines is 1. The van der Waals surface area contributed by atoms with Crippen molar-refractivity contribution < 1.29 is 4.79 Å². The van der Waals surface area contributed by atoms with Crippen LogP contribution in [0.5, 0.6) is 0 Å². The molecule has 1 aliphatic rings. The van der Waals surface area contributed by atoms with E-state index in [1.54, 1.807) is 5.01 Å². The monoisotopic (exact) mass is 243 g/mol. The van der Waals surface area contributed by atoms with Crippen LogP contribution in [-0.4, -0.2) is 23.5 Å². The van der Waals surface area contributed by atoms with E-state index in [0.717, 1.165) is 12.1 Å². The Kier molecular flexibility index (Phi) is 3.83. The standard InChI is InChI=1S/C14H17N3O/c1-12-11-14(18)16(10-6-5-9-15)17(12)13-7-3-2-4-8-13/h2-4,7-8,12H,5-6,10-11H2,1H3. The number of hydrogen-bond acceptors (Lipinski definition) is 3. The normalized spacial score (nSPS) is 19.1. The Labute approximate surface area is 107 Å². The molecule has 1 atom stereocenters. The largest absolute Gasteiger partial charge is 0.280 e. The van der Waals surface area contributed by atoms with Crippen LogP contribution < -0.4 is 5.01 Å². The summed E-state index contributed by atoms with van der Waals surface area (Å²) < 4.78 is 0. The van der Waals surface area contributed by atoms with Gasteiger partial charge in [-0.2, -0.15) is 5.26 Å². The van der Waals surface area contributed by atoms with Gasteiger partial charge in [0.1, 0.15) is 0 Å². The van der Waals surface area contributed by atoms with E-state index in [4.69, 9.17) is 5.26 Å². The van der Waals surface area contributed by atoms with Crippen molar-refractivity contribution in [2.75, 3.05) is 11.6 Å². The predicted octanol–water partition coefficient (Wildman–Crippen LogP) is 2.33. The molecule has 1 unspecified atom stereocenters. The molecule has 0 saturated carbocycles. The number of benzene rings is 1. The zero-order valence-electron chi connectivity index (χ0n) is 10.5. The van der Waals surface area contributed by atoms with Crippen LogP contribution >= 0.6 is 0 Å². The number of para-hydroxylation sites is 1. The third-order valence-corrected chi connectivity index (χ3v) is 3.11. The van der Waals surface area contributed by atoms with Crippen LogP contribution in [0.4, 0.5) is 5.69 Å². The molecule has 0 aromatic heterocycles. The second kappa shape index (κ2) is 5.54. The summed E-state index contributed by atoms with van der Waals surface area (Å²) in [6, 6.07) is 12.2. The number of nitrogens with zero attached hydrogens (tertiary/aromatic N) is 3. The highest BCUT2D eigenvalue weighted by atomic mass is 16.2. The van der Waals surface area contributed by atoms with E-state index in [1.807, 2.05) is 35.3 Å². The lowest BCUT2D eigenvalue weighted by Crippen LogP contribution is -2.42. The molecule has 2 rings (SSSR count). The Morgan fingerprint density at radius 1 is 1.39 bits per heavy atom. The molecule has 1 aliphatic heterocycles. The first-order chi connectivity index (χ1) is 8.74. The number of hydrogen-bond donors (Lipinski definition) is 0. The number of nitriles is 1. The maximum absolute atomic E-state index is 12.0. The van der Waals surface area contributed by atoms with Gasteiger partial charge < -0.3 is 0 Å². The van der Waals surface area contributed by atoms with Crippen LogP contribution in [0, 0.1) is 11.3 Å². The van der Waals surface area contributed by atoms with Crippen molar-refractivity contribution in [1.82, 2.24) is 5.01 Å². The van der Waals surface area contributed by atoms with Gasteiger partial charge in [0.25, 0.3) is 0 Å². The number of amides is 1. The van der Waals surface area contributed by atoms with Crippen LogP contribution in [0.25, 0.3) is 0 Å². The van der Waals surface area contributed by atoms with Gasteiger partial charge in [-0.25, -0.2) is 0 Å². The van der Waals surface area contributed by atoms with Gasteiger partial charge in [0, 0.05) is 13.0 Å². The van der Waals surface area contributed by atoms with Crippen LogP contribution in [0.1, 0.15) is 26.2 Å². The third kappa shape index (κ3) is 2.45. The fourth-order valence-corrected chi connectivity index (χ4v) is 2.32. The molecule has 94 valence electrons. The molecule has 4 heteroatoms. The molecule has 0 radical (unpaired) electrons. The molecule has 1 heterocycles. The summed E-state index contributed by atoms with van der Waals surface area (Å²) >= 11 is 0. The first-order valence-electron chi connectivity index (χ1n) is 6.25. The average molecular weight is 243 g/mol. The Morgan fingerprint density at radius 2 is 2.11 bits per heavy atom. The van der Waals surface area contributed by atoms with Crippen molar-refractivity contribution >= 4 is 11.6 Å². The van der Waals surface area contributed by atoms with Crippen molar-refractivity contribution in [3.8, 4) is 6.07 Å². The van der Waals surface area contributed by atoms with E-state index >= 15 is 0 Å². The number of carbonyl (C=O) groups excluding carboxylic acids is 1. The zero-order chi connectivity index (χ0) is 13.0. The van der Waals surface area contributed by atoms with E-state index in [1.165, 1.54) is 0 Å². The summed E-state index contributed by atoms with van der Waals surface area (Å²) in [6.45, 7) is 2.67. The predicted molar refractivity (Wildman–Crippen MR) is 69.6 cm³/mol. The van der Waals surface area contributed by atoms with Crippen molar-refractivity contribution in [2.45, 2.75) is 32.2 Å². The van der Waals surface area contributed by atoms with Crippen LogP contribution in [-0.2, 0) is 4.79 Å². The smallest absolute Gasteiger partial charge is 0.243 e. The molecule has 1 saturated heterocycles. The topological polar surface area (TPSA) is 47.3 Å². The second-order valence-corrected chi connectivity index (χ2v) is 4.51. The molecule has 4 nitrogen and oxygen atoms in total. The van der Waals surface area contributed by atoms with Gasteiger partial charge in [-0.1, -0.05) is 18.2 Å². The molecular weight excluding hydrogens is 226 g/mol. The Morgan fingerprint density at radius 3 is 2.78 bits per heavy atom. The van der Waals surface area contributed by atoms with Gasteiger partial charge in [-0.3, -0.25) is 14.8 Å². The maximum Gasteiger partial charge on any atom is 0.243 e. The van der Waals surface area contributed by atoms with E-state index in [2.05, 4.69) is 13.0 Å². The number of carbonyl (C=O) groups is 1. The molecule has 1 aromatic carbocycles. The SMILES string of the molecule is CC1CC(=O)N(CCCC#N)N1c1ccccc1. The van der Waals surface area contributed by atoms with Crippen LogP contribution in [0.15, 0.2) is 30.3 Å². The van der Waals surface area contributed by atoms with Crippen LogP contribution in [0.2, 0.25) is 0 Å². The second-order valence-electron chi connectivity index (χ2n) is 4.51. The molecule has 1 aromatic rings. The highest BCUT2D eigenvalue weighted by Crippen LogP contribution is 2.27. The minimum atomic E-state index is 0.143. The Bertz CT molecular complexity index is 452. The summed E-state index contributed by atoms with van der Waals surface area (Å²) in [6.07, 6.45) is 1.75. The van der Waals surface area contributed by atoms with E-state index in [0.29, 0.717) is 19.4 Å². The van der Waals surface area contributed by atoms with E-state index in [-0.39, 0.29) is 11.9 Å². The Balaban J connectivity index is 2.15. The lowest BCUT2D eigenvalue weighted by Gasteiger charge is -2.32. The molecule has 0 aliphatic carbocycles. The number of unbranched alkanes of at least 4 members (excludes halogenated alkanes) is 1. The highest BCUT2D eigenvalue weighted by Gasteiger charge is 2.34. The molecule has 1 amide bonds. The first kappa shape index (κ1) is 12.4. The molecule has 1 fully saturated rings. The minimum Gasteiger partial charge on any atom is -0.280 e. The first-order valence-corrected chi connectivity index (χ1v) is 6.25. The van der Waals surface area contributed by atoms with Gasteiger partial charge in [-0.05, 0) is 25.5 Å². The summed E-state index contributed by atoms with van der Waals surface area (Å²) in [5, 5.41) is 12.4. The molecule has 18 heavy (non-hydrogen) atoms.